The molecular weight excluding hydrogens is 318 g/mol. The minimum atomic E-state index is -0.576. The van der Waals surface area contributed by atoms with Crippen molar-refractivity contribution in [3.8, 4) is 0 Å². The van der Waals surface area contributed by atoms with Crippen molar-refractivity contribution in [3.05, 3.63) is 69.6 Å². The van der Waals surface area contributed by atoms with E-state index in [0.717, 1.165) is 6.42 Å². The number of hydrogen-bond acceptors (Lipinski definition) is 3. The topological polar surface area (TPSA) is 75.2 Å². The van der Waals surface area contributed by atoms with Crippen LogP contribution in [0.4, 0.5) is 0 Å². The van der Waals surface area contributed by atoms with Crippen LogP contribution >= 0.6 is 0 Å². The summed E-state index contributed by atoms with van der Waals surface area (Å²) in [6.07, 6.45) is 9.23. The molecule has 25 heavy (non-hydrogen) atoms. The van der Waals surface area contributed by atoms with Crippen LogP contribution in [0.25, 0.3) is 0 Å². The van der Waals surface area contributed by atoms with E-state index in [1.165, 1.54) is 16.3 Å². The number of carbonyl (C=O) groups excluding carboxylic acids is 1. The Balaban J connectivity index is 2.34. The zero-order valence-corrected chi connectivity index (χ0v) is 14.8. The number of rotatable bonds is 6. The highest BCUT2D eigenvalue weighted by atomic mass is 16.2. The van der Waals surface area contributed by atoms with Crippen LogP contribution in [0.3, 0.4) is 0 Å². The fourth-order valence-electron chi connectivity index (χ4n) is 3.31. The van der Waals surface area contributed by atoms with Crippen molar-refractivity contribution in [2.45, 2.75) is 51.7 Å². The normalized spacial score (nSPS) is 20.1. The average molecular weight is 343 g/mol. The summed E-state index contributed by atoms with van der Waals surface area (Å²) in [6, 6.07) is -0.0669. The van der Waals surface area contributed by atoms with Gasteiger partial charge in [-0.05, 0) is 33.1 Å². The zero-order chi connectivity index (χ0) is 18.6. The maximum absolute atomic E-state index is 13.0. The number of aromatic amines is 1. The minimum absolute atomic E-state index is 0.0134. The van der Waals surface area contributed by atoms with Gasteiger partial charge < -0.3 is 4.90 Å². The molecule has 2 atom stereocenters. The van der Waals surface area contributed by atoms with Crippen LogP contribution < -0.4 is 11.2 Å². The Kier molecular flexibility index (Phi) is 5.96. The molecule has 1 amide bonds. The van der Waals surface area contributed by atoms with Crippen molar-refractivity contribution in [1.29, 1.82) is 0 Å². The SMILES string of the molecule is C=CC[C@H]1CC(C)=C[C@H](CC=C)N1C(=O)Cn1cc(C)c(=O)[nH]c1=O. The first-order chi connectivity index (χ1) is 11.9. The van der Waals surface area contributed by atoms with Crippen LogP contribution in [0.1, 0.15) is 31.7 Å². The standard InChI is InChI=1S/C19H25N3O3/c1-5-7-15-9-13(3)10-16(8-6-2)22(15)17(23)12-21-11-14(4)18(24)20-19(21)25/h5-6,9,11,15-16H,1-2,7-8,10,12H2,3-4H3,(H,20,24,25)/t15-,16-/m0/s1. The van der Waals surface area contributed by atoms with E-state index < -0.39 is 11.2 Å². The Labute approximate surface area is 147 Å². The molecular formula is C19H25N3O3. The number of aromatic nitrogens is 2. The molecule has 1 aromatic rings. The number of hydrogen-bond donors (Lipinski definition) is 1. The summed E-state index contributed by atoms with van der Waals surface area (Å²) in [5.74, 6) is -0.156. The predicted molar refractivity (Wildman–Crippen MR) is 98.5 cm³/mol. The molecule has 6 nitrogen and oxygen atoms in total. The lowest BCUT2D eigenvalue weighted by molar-refractivity contribution is -0.136. The van der Waals surface area contributed by atoms with Gasteiger partial charge in [-0.1, -0.05) is 23.8 Å². The fourth-order valence-corrected chi connectivity index (χ4v) is 3.31. The highest BCUT2D eigenvalue weighted by molar-refractivity contribution is 5.77. The van der Waals surface area contributed by atoms with Gasteiger partial charge in [0.25, 0.3) is 5.56 Å². The molecule has 0 fully saturated rings. The summed E-state index contributed by atoms with van der Waals surface area (Å²) in [4.78, 5) is 40.5. The summed E-state index contributed by atoms with van der Waals surface area (Å²) in [6.45, 7) is 11.1. The van der Waals surface area contributed by atoms with Gasteiger partial charge in [-0.15, -0.1) is 13.2 Å². The van der Waals surface area contributed by atoms with Crippen molar-refractivity contribution in [2.24, 2.45) is 0 Å². The van der Waals surface area contributed by atoms with Gasteiger partial charge in [-0.25, -0.2) is 4.79 Å². The first-order valence-electron chi connectivity index (χ1n) is 8.38. The van der Waals surface area contributed by atoms with Gasteiger partial charge in [0.2, 0.25) is 5.91 Å². The summed E-state index contributed by atoms with van der Waals surface area (Å²) < 4.78 is 1.25. The van der Waals surface area contributed by atoms with Crippen molar-refractivity contribution < 1.29 is 4.79 Å². The lowest BCUT2D eigenvalue weighted by Gasteiger charge is -2.40. The lowest BCUT2D eigenvalue weighted by atomic mass is 9.92. The molecule has 0 bridgehead atoms. The van der Waals surface area contributed by atoms with E-state index in [-0.39, 0.29) is 24.5 Å². The van der Waals surface area contributed by atoms with E-state index >= 15 is 0 Å². The van der Waals surface area contributed by atoms with Crippen LogP contribution in [-0.2, 0) is 11.3 Å². The molecule has 2 rings (SSSR count). The highest BCUT2D eigenvalue weighted by Gasteiger charge is 2.32. The number of nitrogens with zero attached hydrogens (tertiary/aromatic N) is 2. The van der Waals surface area contributed by atoms with Gasteiger partial charge >= 0.3 is 5.69 Å². The van der Waals surface area contributed by atoms with Gasteiger partial charge in [0.05, 0.1) is 6.04 Å². The first-order valence-corrected chi connectivity index (χ1v) is 8.38. The Morgan fingerprint density at radius 2 is 1.96 bits per heavy atom. The van der Waals surface area contributed by atoms with E-state index in [9.17, 15) is 14.4 Å². The van der Waals surface area contributed by atoms with Crippen LogP contribution in [0.2, 0.25) is 0 Å². The van der Waals surface area contributed by atoms with Gasteiger partial charge in [-0.3, -0.25) is 19.1 Å². The molecule has 0 radical (unpaired) electrons. The van der Waals surface area contributed by atoms with Gasteiger partial charge in [0.15, 0.2) is 0 Å². The van der Waals surface area contributed by atoms with E-state index in [1.54, 1.807) is 13.0 Å². The van der Waals surface area contributed by atoms with Gasteiger partial charge in [0.1, 0.15) is 6.54 Å². The highest BCUT2D eigenvalue weighted by Crippen LogP contribution is 2.27. The third kappa shape index (κ3) is 4.26. The van der Waals surface area contributed by atoms with Crippen molar-refractivity contribution in [2.75, 3.05) is 0 Å². The van der Waals surface area contributed by atoms with Gasteiger partial charge in [0, 0.05) is 17.8 Å². The summed E-state index contributed by atoms with van der Waals surface area (Å²) in [5, 5.41) is 0. The number of H-pyrrole nitrogens is 1. The third-order valence-electron chi connectivity index (χ3n) is 4.41. The fraction of sp³-hybridized carbons (Fsp3) is 0.421. The first kappa shape index (κ1) is 18.7. The number of nitrogens with one attached hydrogen (secondary N) is 1. The molecule has 0 aromatic carbocycles. The third-order valence-corrected chi connectivity index (χ3v) is 4.41. The molecule has 2 heterocycles. The second kappa shape index (κ2) is 7.96. The number of amides is 1. The molecule has 0 saturated heterocycles. The maximum atomic E-state index is 13.0. The van der Waals surface area contributed by atoms with Crippen molar-refractivity contribution >= 4 is 5.91 Å². The maximum Gasteiger partial charge on any atom is 0.328 e. The molecule has 1 aliphatic heterocycles. The van der Waals surface area contributed by atoms with Crippen LogP contribution in [-0.4, -0.2) is 32.4 Å². The molecule has 0 aliphatic carbocycles. The number of carbonyl (C=O) groups is 1. The quantitative estimate of drug-likeness (QED) is 0.802. The van der Waals surface area contributed by atoms with E-state index in [0.29, 0.717) is 18.4 Å². The van der Waals surface area contributed by atoms with Crippen LogP contribution in [0, 0.1) is 6.92 Å². The summed E-state index contributed by atoms with van der Waals surface area (Å²) >= 11 is 0. The Bertz CT molecular complexity index is 816. The Morgan fingerprint density at radius 1 is 1.28 bits per heavy atom. The Morgan fingerprint density at radius 3 is 2.60 bits per heavy atom. The monoisotopic (exact) mass is 343 g/mol. The second-order valence-electron chi connectivity index (χ2n) is 6.49. The van der Waals surface area contributed by atoms with Crippen LogP contribution in [0.15, 0.2) is 52.7 Å². The smallest absolute Gasteiger partial charge is 0.328 e. The minimum Gasteiger partial charge on any atom is -0.331 e. The Hall–Kier alpha value is -2.63. The zero-order valence-electron chi connectivity index (χ0n) is 14.8. The predicted octanol–water partition coefficient (Wildman–Crippen LogP) is 1.91. The number of aryl methyl sites for hydroxylation is 1. The second-order valence-corrected chi connectivity index (χ2v) is 6.49. The molecule has 0 saturated carbocycles. The van der Waals surface area contributed by atoms with E-state index in [2.05, 4.69) is 31.1 Å². The van der Waals surface area contributed by atoms with Gasteiger partial charge in [-0.2, -0.15) is 0 Å². The lowest BCUT2D eigenvalue weighted by Crippen LogP contribution is -2.50. The molecule has 1 aliphatic rings. The molecule has 0 spiro atoms. The van der Waals surface area contributed by atoms with Crippen molar-refractivity contribution in [3.63, 3.8) is 0 Å². The molecule has 0 unspecified atom stereocenters. The van der Waals surface area contributed by atoms with Crippen molar-refractivity contribution in [1.82, 2.24) is 14.5 Å². The largest absolute Gasteiger partial charge is 0.331 e. The van der Waals surface area contributed by atoms with E-state index in [4.69, 9.17) is 0 Å². The average Bonchev–Trinajstić information content (AvgIpc) is 2.52. The van der Waals surface area contributed by atoms with E-state index in [1.807, 2.05) is 11.0 Å². The molecule has 134 valence electrons. The molecule has 1 aromatic heterocycles. The molecule has 6 heteroatoms. The van der Waals surface area contributed by atoms with Crippen LogP contribution in [0.5, 0.6) is 0 Å². The summed E-state index contributed by atoms with van der Waals surface area (Å²) in [5.41, 5.74) is 0.624. The molecule has 1 N–H and O–H groups in total. The summed E-state index contributed by atoms with van der Waals surface area (Å²) in [7, 11) is 0.